The number of benzene rings is 1. The Morgan fingerprint density at radius 1 is 1.12 bits per heavy atom. The number of hydrogen-bond donors (Lipinski definition) is 0. The average Bonchev–Trinajstić information content (AvgIpc) is 2.36. The van der Waals surface area contributed by atoms with Gasteiger partial charge in [-0.3, -0.25) is 0 Å². The van der Waals surface area contributed by atoms with Crippen LogP contribution in [0.1, 0.15) is 12.8 Å². The Morgan fingerprint density at radius 2 is 1.76 bits per heavy atom. The van der Waals surface area contributed by atoms with Crippen LogP contribution in [0.25, 0.3) is 0 Å². The molecule has 0 aromatic heterocycles. The van der Waals surface area contributed by atoms with E-state index in [1.807, 2.05) is 24.3 Å². The Morgan fingerprint density at radius 3 is 2.35 bits per heavy atom. The largest absolute Gasteiger partial charge is 0.497 e. The van der Waals surface area contributed by atoms with E-state index >= 15 is 0 Å². The molecule has 0 saturated carbocycles. The summed E-state index contributed by atoms with van der Waals surface area (Å²) in [5.74, 6) is 1.68. The first-order chi connectivity index (χ1) is 8.26. The number of alkyl halides is 1. The van der Waals surface area contributed by atoms with Crippen molar-refractivity contribution >= 4 is 11.6 Å². The van der Waals surface area contributed by atoms with E-state index < -0.39 is 0 Å². The summed E-state index contributed by atoms with van der Waals surface area (Å²) >= 11 is 6.01. The van der Waals surface area contributed by atoms with E-state index in [9.17, 15) is 0 Å². The summed E-state index contributed by atoms with van der Waals surface area (Å²) in [7, 11) is 3.30. The second-order valence-corrected chi connectivity index (χ2v) is 4.34. The normalized spacial score (nSPS) is 12.2. The SMILES string of the molecule is COCC(Cl)CCCOc1ccc(OC)cc1. The van der Waals surface area contributed by atoms with Crippen LogP contribution in [-0.4, -0.2) is 32.8 Å². The fourth-order valence-corrected chi connectivity index (χ4v) is 1.71. The average molecular weight is 259 g/mol. The van der Waals surface area contributed by atoms with E-state index in [0.29, 0.717) is 13.2 Å². The van der Waals surface area contributed by atoms with Crippen LogP contribution in [0, 0.1) is 0 Å². The molecule has 0 saturated heterocycles. The molecule has 1 atom stereocenters. The van der Waals surface area contributed by atoms with Gasteiger partial charge in [-0.1, -0.05) is 0 Å². The van der Waals surface area contributed by atoms with Crippen molar-refractivity contribution in [3.05, 3.63) is 24.3 Å². The molecule has 0 spiro atoms. The summed E-state index contributed by atoms with van der Waals surface area (Å²) in [4.78, 5) is 0. The zero-order chi connectivity index (χ0) is 12.5. The van der Waals surface area contributed by atoms with Gasteiger partial charge >= 0.3 is 0 Å². The maximum Gasteiger partial charge on any atom is 0.119 e. The third-order valence-corrected chi connectivity index (χ3v) is 2.68. The van der Waals surface area contributed by atoms with Crippen LogP contribution in [0.3, 0.4) is 0 Å². The Kier molecular flexibility index (Phi) is 6.82. The lowest BCUT2D eigenvalue weighted by Gasteiger charge is -2.09. The van der Waals surface area contributed by atoms with Crippen LogP contribution in [0.4, 0.5) is 0 Å². The van der Waals surface area contributed by atoms with Crippen LogP contribution in [0.2, 0.25) is 0 Å². The van der Waals surface area contributed by atoms with Gasteiger partial charge in [0, 0.05) is 7.11 Å². The minimum Gasteiger partial charge on any atom is -0.497 e. The topological polar surface area (TPSA) is 27.7 Å². The molecular formula is C13H19ClO3. The minimum absolute atomic E-state index is 0.0690. The van der Waals surface area contributed by atoms with Crippen molar-refractivity contribution in [2.45, 2.75) is 18.2 Å². The van der Waals surface area contributed by atoms with Crippen LogP contribution in [0.5, 0.6) is 11.5 Å². The first-order valence-electron chi connectivity index (χ1n) is 5.66. The van der Waals surface area contributed by atoms with Crippen molar-refractivity contribution in [2.24, 2.45) is 0 Å². The van der Waals surface area contributed by atoms with Gasteiger partial charge in [-0.15, -0.1) is 11.6 Å². The fourth-order valence-electron chi connectivity index (χ4n) is 1.43. The molecule has 1 aromatic rings. The maximum absolute atomic E-state index is 6.01. The lowest BCUT2D eigenvalue weighted by molar-refractivity contribution is 0.192. The van der Waals surface area contributed by atoms with Crippen molar-refractivity contribution in [2.75, 3.05) is 27.4 Å². The third kappa shape index (κ3) is 5.80. The molecule has 4 heteroatoms. The van der Waals surface area contributed by atoms with E-state index in [4.69, 9.17) is 25.8 Å². The first kappa shape index (κ1) is 14.1. The summed E-state index contributed by atoms with van der Waals surface area (Å²) in [5.41, 5.74) is 0. The highest BCUT2D eigenvalue weighted by atomic mass is 35.5. The summed E-state index contributed by atoms with van der Waals surface area (Å²) in [6.07, 6.45) is 1.81. The van der Waals surface area contributed by atoms with Gasteiger partial charge in [0.2, 0.25) is 0 Å². The first-order valence-corrected chi connectivity index (χ1v) is 6.09. The van der Waals surface area contributed by atoms with E-state index in [0.717, 1.165) is 24.3 Å². The summed E-state index contributed by atoms with van der Waals surface area (Å²) in [5, 5.41) is 0.0690. The number of hydrogen-bond acceptors (Lipinski definition) is 3. The van der Waals surface area contributed by atoms with Gasteiger partial charge in [0.25, 0.3) is 0 Å². The smallest absolute Gasteiger partial charge is 0.119 e. The third-order valence-electron chi connectivity index (χ3n) is 2.34. The summed E-state index contributed by atoms with van der Waals surface area (Å²) in [6.45, 7) is 1.25. The maximum atomic E-state index is 6.01. The molecule has 0 bridgehead atoms. The van der Waals surface area contributed by atoms with Gasteiger partial charge < -0.3 is 14.2 Å². The van der Waals surface area contributed by atoms with Crippen LogP contribution in [0.15, 0.2) is 24.3 Å². The van der Waals surface area contributed by atoms with Crippen LogP contribution in [-0.2, 0) is 4.74 Å². The van der Waals surface area contributed by atoms with Crippen molar-refractivity contribution in [3.63, 3.8) is 0 Å². The van der Waals surface area contributed by atoms with Crippen LogP contribution >= 0.6 is 11.6 Å². The van der Waals surface area contributed by atoms with Crippen molar-refractivity contribution < 1.29 is 14.2 Å². The zero-order valence-electron chi connectivity index (χ0n) is 10.3. The molecule has 1 aromatic carbocycles. The Bertz CT molecular complexity index is 300. The predicted octanol–water partition coefficient (Wildman–Crippen LogP) is 3.11. The molecule has 17 heavy (non-hydrogen) atoms. The van der Waals surface area contributed by atoms with E-state index in [-0.39, 0.29) is 5.38 Å². The summed E-state index contributed by atoms with van der Waals surface area (Å²) < 4.78 is 15.6. The molecule has 0 heterocycles. The number of rotatable bonds is 8. The Hall–Kier alpha value is -0.930. The molecule has 96 valence electrons. The quantitative estimate of drug-likeness (QED) is 0.530. The molecule has 0 amide bonds. The highest BCUT2D eigenvalue weighted by Gasteiger charge is 2.03. The van der Waals surface area contributed by atoms with E-state index in [1.165, 1.54) is 0 Å². The lowest BCUT2D eigenvalue weighted by Crippen LogP contribution is -2.09. The molecule has 0 N–H and O–H groups in total. The van der Waals surface area contributed by atoms with E-state index in [2.05, 4.69) is 0 Å². The molecule has 1 rings (SSSR count). The summed E-state index contributed by atoms with van der Waals surface area (Å²) in [6, 6.07) is 7.55. The van der Waals surface area contributed by atoms with Gasteiger partial charge in [-0.2, -0.15) is 0 Å². The second-order valence-electron chi connectivity index (χ2n) is 3.72. The molecule has 0 aliphatic heterocycles. The van der Waals surface area contributed by atoms with Crippen LogP contribution < -0.4 is 9.47 Å². The van der Waals surface area contributed by atoms with Gasteiger partial charge in [-0.05, 0) is 37.1 Å². The highest BCUT2D eigenvalue weighted by Crippen LogP contribution is 2.17. The number of halogens is 1. The molecule has 0 fully saturated rings. The molecule has 0 aliphatic rings. The Balaban J connectivity index is 2.17. The van der Waals surface area contributed by atoms with E-state index in [1.54, 1.807) is 14.2 Å². The molecule has 0 aliphatic carbocycles. The van der Waals surface area contributed by atoms with Crippen molar-refractivity contribution in [3.8, 4) is 11.5 Å². The molecular weight excluding hydrogens is 240 g/mol. The highest BCUT2D eigenvalue weighted by molar-refractivity contribution is 6.20. The van der Waals surface area contributed by atoms with Crippen molar-refractivity contribution in [1.82, 2.24) is 0 Å². The molecule has 1 unspecified atom stereocenters. The number of ether oxygens (including phenoxy) is 3. The van der Waals surface area contributed by atoms with Crippen molar-refractivity contribution in [1.29, 1.82) is 0 Å². The van der Waals surface area contributed by atoms with Gasteiger partial charge in [0.15, 0.2) is 0 Å². The van der Waals surface area contributed by atoms with Gasteiger partial charge in [0.1, 0.15) is 11.5 Å². The lowest BCUT2D eigenvalue weighted by atomic mass is 10.2. The monoisotopic (exact) mass is 258 g/mol. The van der Waals surface area contributed by atoms with Gasteiger partial charge in [-0.25, -0.2) is 0 Å². The zero-order valence-corrected chi connectivity index (χ0v) is 11.1. The standard InChI is InChI=1S/C13H19ClO3/c1-15-10-11(14)4-3-9-17-13-7-5-12(16-2)6-8-13/h5-8,11H,3-4,9-10H2,1-2H3. The number of methoxy groups -OCH3 is 2. The molecule has 0 radical (unpaired) electrons. The Labute approximate surface area is 108 Å². The van der Waals surface area contributed by atoms with Gasteiger partial charge in [0.05, 0.1) is 25.7 Å². The second kappa shape index (κ2) is 8.20. The molecule has 3 nitrogen and oxygen atoms in total. The fraction of sp³-hybridized carbons (Fsp3) is 0.538. The minimum atomic E-state index is 0.0690. The predicted molar refractivity (Wildman–Crippen MR) is 69.2 cm³/mol.